The lowest BCUT2D eigenvalue weighted by Crippen LogP contribution is -2.44. The average molecular weight is 492 g/mol. The van der Waals surface area contributed by atoms with Gasteiger partial charge in [-0.2, -0.15) is 10.2 Å². The smallest absolute Gasteiger partial charge is 0.138 e. The Hall–Kier alpha value is -3.21. The van der Waals surface area contributed by atoms with Crippen LogP contribution >= 0.6 is 11.6 Å². The highest BCUT2D eigenvalue weighted by molar-refractivity contribution is 6.30. The van der Waals surface area contributed by atoms with Gasteiger partial charge in [-0.3, -0.25) is 4.68 Å². The van der Waals surface area contributed by atoms with E-state index in [4.69, 9.17) is 16.3 Å². The molecule has 0 bridgehead atoms. The highest BCUT2D eigenvalue weighted by Crippen LogP contribution is 2.32. The zero-order valence-electron chi connectivity index (χ0n) is 18.1. The fourth-order valence-corrected chi connectivity index (χ4v) is 3.73. The molecule has 0 aliphatic carbocycles. The van der Waals surface area contributed by atoms with Gasteiger partial charge in [0, 0.05) is 28.4 Å². The lowest BCUT2D eigenvalue weighted by atomic mass is 9.88. The van der Waals surface area contributed by atoms with Crippen molar-refractivity contribution >= 4 is 11.6 Å². The summed E-state index contributed by atoms with van der Waals surface area (Å²) in [5.74, 6) is -2.11. The predicted molar refractivity (Wildman–Crippen MR) is 117 cm³/mol. The highest BCUT2D eigenvalue weighted by atomic mass is 35.5. The average Bonchev–Trinajstić information content (AvgIpc) is 3.46. The zero-order chi connectivity index (χ0) is 24.3. The van der Waals surface area contributed by atoms with E-state index in [2.05, 4.69) is 15.2 Å². The van der Waals surface area contributed by atoms with E-state index < -0.39 is 29.2 Å². The summed E-state index contributed by atoms with van der Waals surface area (Å²) in [5.41, 5.74) is -1.09. The van der Waals surface area contributed by atoms with Crippen LogP contribution in [0.3, 0.4) is 0 Å². The number of ether oxygens (including phenoxy) is 1. The minimum atomic E-state index is -1.89. The Balaban J connectivity index is 1.49. The van der Waals surface area contributed by atoms with Crippen molar-refractivity contribution in [1.29, 1.82) is 0 Å². The standard InChI is InChI=1S/C23H21ClF3N5O2/c1-15(23(33,12-32-14-28-13-29-32)20-5-4-18(25)9-22(20)27)34-11-19-6-7-31(30-19)10-16-2-3-17(24)8-21(16)26/h2-9,13-15,33H,10-12H2,1H3/t15-,23-/m1/s1. The van der Waals surface area contributed by atoms with Crippen molar-refractivity contribution in [2.45, 2.75) is 38.3 Å². The van der Waals surface area contributed by atoms with Gasteiger partial charge in [0.05, 0.1) is 31.5 Å². The number of halogens is 4. The van der Waals surface area contributed by atoms with Gasteiger partial charge in [0.1, 0.15) is 35.7 Å². The van der Waals surface area contributed by atoms with Gasteiger partial charge in [-0.05, 0) is 31.2 Å². The Morgan fingerprint density at radius 1 is 1.09 bits per heavy atom. The van der Waals surface area contributed by atoms with Crippen molar-refractivity contribution < 1.29 is 23.0 Å². The van der Waals surface area contributed by atoms with Gasteiger partial charge in [0.2, 0.25) is 0 Å². The summed E-state index contributed by atoms with van der Waals surface area (Å²) in [7, 11) is 0. The van der Waals surface area contributed by atoms with Crippen molar-refractivity contribution in [3.63, 3.8) is 0 Å². The molecule has 0 saturated heterocycles. The molecule has 34 heavy (non-hydrogen) atoms. The Morgan fingerprint density at radius 3 is 2.62 bits per heavy atom. The molecule has 11 heteroatoms. The first-order valence-electron chi connectivity index (χ1n) is 10.3. The molecule has 2 aromatic carbocycles. The van der Waals surface area contributed by atoms with Crippen LogP contribution in [0.5, 0.6) is 0 Å². The number of rotatable bonds is 9. The summed E-state index contributed by atoms with van der Waals surface area (Å²) >= 11 is 5.79. The van der Waals surface area contributed by atoms with E-state index >= 15 is 0 Å². The van der Waals surface area contributed by atoms with E-state index in [-0.39, 0.29) is 25.3 Å². The molecular weight excluding hydrogens is 471 g/mol. The van der Waals surface area contributed by atoms with Crippen LogP contribution in [-0.4, -0.2) is 35.8 Å². The summed E-state index contributed by atoms with van der Waals surface area (Å²) < 4.78 is 50.9. The van der Waals surface area contributed by atoms with E-state index in [1.807, 2.05) is 0 Å². The highest BCUT2D eigenvalue weighted by Gasteiger charge is 2.40. The van der Waals surface area contributed by atoms with Crippen molar-refractivity contribution in [1.82, 2.24) is 24.5 Å². The number of aromatic nitrogens is 5. The van der Waals surface area contributed by atoms with Gasteiger partial charge in [-0.1, -0.05) is 23.7 Å². The molecule has 0 saturated carbocycles. The van der Waals surface area contributed by atoms with Gasteiger partial charge < -0.3 is 9.84 Å². The van der Waals surface area contributed by atoms with E-state index in [1.54, 1.807) is 31.3 Å². The van der Waals surface area contributed by atoms with E-state index in [1.165, 1.54) is 34.2 Å². The number of nitrogens with zero attached hydrogens (tertiary/aromatic N) is 5. The predicted octanol–water partition coefficient (Wildman–Crippen LogP) is 4.09. The molecule has 0 aliphatic heterocycles. The SMILES string of the molecule is C[C@@H](OCc1ccn(Cc2ccc(Cl)cc2F)n1)[C@](O)(Cn1cncn1)c1ccc(F)cc1F. The third kappa shape index (κ3) is 5.30. The number of aliphatic hydroxyl groups is 1. The summed E-state index contributed by atoms with van der Waals surface area (Å²) in [4.78, 5) is 3.84. The molecule has 1 N–H and O–H groups in total. The fourth-order valence-electron chi connectivity index (χ4n) is 3.58. The summed E-state index contributed by atoms with van der Waals surface area (Å²) in [6.45, 7) is 1.57. The molecule has 0 aliphatic rings. The maximum Gasteiger partial charge on any atom is 0.138 e. The molecule has 0 fully saturated rings. The third-order valence-corrected chi connectivity index (χ3v) is 5.70. The molecule has 0 radical (unpaired) electrons. The van der Waals surface area contributed by atoms with Gasteiger partial charge in [0.15, 0.2) is 0 Å². The van der Waals surface area contributed by atoms with Crippen LogP contribution in [0.15, 0.2) is 61.3 Å². The quantitative estimate of drug-likeness (QED) is 0.381. The van der Waals surface area contributed by atoms with Crippen LogP contribution in [0.1, 0.15) is 23.7 Å². The third-order valence-electron chi connectivity index (χ3n) is 5.46. The molecule has 4 rings (SSSR count). The summed E-state index contributed by atoms with van der Waals surface area (Å²) in [6, 6.07) is 9.04. The van der Waals surface area contributed by atoms with Crippen molar-refractivity contribution in [2.24, 2.45) is 0 Å². The molecule has 2 heterocycles. The van der Waals surface area contributed by atoms with Crippen molar-refractivity contribution in [2.75, 3.05) is 0 Å². The van der Waals surface area contributed by atoms with Crippen LogP contribution in [0.25, 0.3) is 0 Å². The minimum Gasteiger partial charge on any atom is -0.380 e. The summed E-state index contributed by atoms with van der Waals surface area (Å²) in [6.07, 6.45) is 3.37. The monoisotopic (exact) mass is 491 g/mol. The normalized spacial score (nSPS) is 14.2. The molecule has 0 spiro atoms. The lowest BCUT2D eigenvalue weighted by molar-refractivity contribution is -0.124. The zero-order valence-corrected chi connectivity index (χ0v) is 18.8. The topological polar surface area (TPSA) is 78.0 Å². The summed E-state index contributed by atoms with van der Waals surface area (Å²) in [5, 5.41) is 20.1. The second-order valence-electron chi connectivity index (χ2n) is 7.84. The molecule has 2 aromatic heterocycles. The van der Waals surface area contributed by atoms with E-state index in [0.717, 1.165) is 6.07 Å². The van der Waals surface area contributed by atoms with Gasteiger partial charge in [0.25, 0.3) is 0 Å². The first-order chi connectivity index (χ1) is 16.2. The van der Waals surface area contributed by atoms with Gasteiger partial charge in [-0.15, -0.1) is 0 Å². The van der Waals surface area contributed by atoms with E-state index in [0.29, 0.717) is 22.3 Å². The van der Waals surface area contributed by atoms with Gasteiger partial charge in [-0.25, -0.2) is 22.8 Å². The maximum absolute atomic E-state index is 14.6. The Kier molecular flexibility index (Phi) is 7.01. The van der Waals surface area contributed by atoms with Crippen molar-refractivity contribution in [3.8, 4) is 0 Å². The number of hydrogen-bond donors (Lipinski definition) is 1. The molecule has 7 nitrogen and oxygen atoms in total. The van der Waals surface area contributed by atoms with Crippen LogP contribution in [0, 0.1) is 17.5 Å². The Morgan fingerprint density at radius 2 is 1.91 bits per heavy atom. The maximum atomic E-state index is 14.6. The largest absolute Gasteiger partial charge is 0.380 e. The molecular formula is C23H21ClF3N5O2. The van der Waals surface area contributed by atoms with Crippen LogP contribution in [0.4, 0.5) is 13.2 Å². The lowest BCUT2D eigenvalue weighted by Gasteiger charge is -2.34. The van der Waals surface area contributed by atoms with Gasteiger partial charge >= 0.3 is 0 Å². The fraction of sp³-hybridized carbons (Fsp3) is 0.261. The van der Waals surface area contributed by atoms with Crippen LogP contribution in [0.2, 0.25) is 5.02 Å². The first-order valence-corrected chi connectivity index (χ1v) is 10.7. The molecule has 4 aromatic rings. The molecule has 178 valence electrons. The second kappa shape index (κ2) is 9.96. The molecule has 0 amide bonds. The van der Waals surface area contributed by atoms with E-state index in [9.17, 15) is 18.3 Å². The first kappa shape index (κ1) is 23.9. The number of benzene rings is 2. The second-order valence-corrected chi connectivity index (χ2v) is 8.27. The number of hydrogen-bond acceptors (Lipinski definition) is 5. The minimum absolute atomic E-state index is 0.0141. The van der Waals surface area contributed by atoms with Crippen LogP contribution < -0.4 is 0 Å². The Labute approximate surface area is 198 Å². The molecule has 0 unspecified atom stereocenters. The van der Waals surface area contributed by atoms with Crippen molar-refractivity contribution in [3.05, 3.63) is 101 Å². The Bertz CT molecular complexity index is 1270. The van der Waals surface area contributed by atoms with Crippen LogP contribution in [-0.2, 0) is 30.0 Å². The molecule has 2 atom stereocenters.